The Morgan fingerprint density at radius 1 is 1.13 bits per heavy atom. The quantitative estimate of drug-likeness (QED) is 0.484. The first-order chi connectivity index (χ1) is 14.3. The van der Waals surface area contributed by atoms with Gasteiger partial charge in [-0.1, -0.05) is 31.2 Å². The van der Waals surface area contributed by atoms with E-state index in [1.54, 1.807) is 18.2 Å². The largest absolute Gasteiger partial charge is 0.368 e. The Morgan fingerprint density at radius 2 is 1.83 bits per heavy atom. The highest BCUT2D eigenvalue weighted by Crippen LogP contribution is 2.28. The van der Waals surface area contributed by atoms with Crippen LogP contribution in [0.3, 0.4) is 0 Å². The van der Waals surface area contributed by atoms with E-state index in [0.29, 0.717) is 29.1 Å². The summed E-state index contributed by atoms with van der Waals surface area (Å²) in [4.78, 5) is 21.1. The second-order valence-corrected chi connectivity index (χ2v) is 8.88. The average Bonchev–Trinajstić information content (AvgIpc) is 3.17. The van der Waals surface area contributed by atoms with Crippen LogP contribution < -0.4 is 11.1 Å². The molecule has 154 valence electrons. The predicted molar refractivity (Wildman–Crippen MR) is 114 cm³/mol. The summed E-state index contributed by atoms with van der Waals surface area (Å²) >= 11 is 0. The molecule has 10 heteroatoms. The lowest BCUT2D eigenvalue weighted by Crippen LogP contribution is -2.35. The van der Waals surface area contributed by atoms with Crippen LogP contribution >= 0.6 is 0 Å². The zero-order valence-corrected chi connectivity index (χ0v) is 17.2. The van der Waals surface area contributed by atoms with Gasteiger partial charge in [0.25, 0.3) is 0 Å². The Bertz CT molecular complexity index is 1380. The van der Waals surface area contributed by atoms with E-state index < -0.39 is 21.8 Å². The fraction of sp³-hybridized carbons (Fsp3) is 0.200. The molecule has 3 N–H and O–H groups in total. The number of amides is 1. The van der Waals surface area contributed by atoms with Crippen LogP contribution in [0.25, 0.3) is 27.9 Å². The molecular formula is C20H20N6O3S. The van der Waals surface area contributed by atoms with Crippen LogP contribution in [-0.4, -0.2) is 46.2 Å². The number of aromatic nitrogens is 4. The number of hydrogen-bond donors (Lipinski definition) is 2. The minimum absolute atomic E-state index is 0.135. The minimum atomic E-state index is -3.49. The summed E-state index contributed by atoms with van der Waals surface area (Å²) in [6.07, 6.45) is 1.61. The Balaban J connectivity index is 2.00. The fourth-order valence-electron chi connectivity index (χ4n) is 3.27. The van der Waals surface area contributed by atoms with Crippen molar-refractivity contribution in [3.63, 3.8) is 0 Å². The SMILES string of the molecule is CC[C@@H](Nc1nc2ccccc2c2nc(-c3ccccc3S(C)(=O)=O)nn12)C(N)=O. The Kier molecular flexibility index (Phi) is 4.86. The summed E-state index contributed by atoms with van der Waals surface area (Å²) in [6, 6.07) is 13.3. The lowest BCUT2D eigenvalue weighted by molar-refractivity contribution is -0.118. The first-order valence-electron chi connectivity index (χ1n) is 9.30. The van der Waals surface area contributed by atoms with Gasteiger partial charge >= 0.3 is 0 Å². The van der Waals surface area contributed by atoms with E-state index in [1.165, 1.54) is 10.6 Å². The molecule has 2 aromatic carbocycles. The summed E-state index contributed by atoms with van der Waals surface area (Å²) in [5, 5.41) is 8.29. The number of benzene rings is 2. The van der Waals surface area contributed by atoms with Gasteiger partial charge in [-0.15, -0.1) is 5.10 Å². The summed E-state index contributed by atoms with van der Waals surface area (Å²) < 4.78 is 26.0. The molecule has 0 unspecified atom stereocenters. The topological polar surface area (TPSA) is 132 Å². The van der Waals surface area contributed by atoms with Gasteiger partial charge in [0, 0.05) is 17.2 Å². The molecule has 0 aliphatic carbocycles. The van der Waals surface area contributed by atoms with Gasteiger partial charge in [0.05, 0.1) is 10.4 Å². The molecule has 0 aliphatic rings. The van der Waals surface area contributed by atoms with E-state index in [1.807, 2.05) is 31.2 Å². The smallest absolute Gasteiger partial charge is 0.239 e. The second kappa shape index (κ2) is 7.38. The highest BCUT2D eigenvalue weighted by molar-refractivity contribution is 7.90. The van der Waals surface area contributed by atoms with Gasteiger partial charge in [0.15, 0.2) is 21.3 Å². The molecule has 0 aliphatic heterocycles. The van der Waals surface area contributed by atoms with Crippen molar-refractivity contribution in [2.75, 3.05) is 11.6 Å². The number of sulfone groups is 1. The molecule has 9 nitrogen and oxygen atoms in total. The second-order valence-electron chi connectivity index (χ2n) is 6.90. The number of nitrogens with one attached hydrogen (secondary N) is 1. The van der Waals surface area contributed by atoms with E-state index in [4.69, 9.17) is 5.73 Å². The third-order valence-electron chi connectivity index (χ3n) is 4.76. The molecule has 1 amide bonds. The van der Waals surface area contributed by atoms with Crippen LogP contribution in [0.4, 0.5) is 5.95 Å². The van der Waals surface area contributed by atoms with Gasteiger partial charge in [0.1, 0.15) is 6.04 Å². The zero-order chi connectivity index (χ0) is 21.5. The number of hydrogen-bond acceptors (Lipinski definition) is 7. The van der Waals surface area contributed by atoms with Crippen LogP contribution in [0, 0.1) is 0 Å². The lowest BCUT2D eigenvalue weighted by atomic mass is 10.2. The van der Waals surface area contributed by atoms with Gasteiger partial charge in [-0.05, 0) is 30.7 Å². The van der Waals surface area contributed by atoms with E-state index in [-0.39, 0.29) is 10.7 Å². The summed E-state index contributed by atoms with van der Waals surface area (Å²) in [5.74, 6) is 0.0256. The van der Waals surface area contributed by atoms with Gasteiger partial charge in [-0.2, -0.15) is 4.52 Å². The maximum Gasteiger partial charge on any atom is 0.239 e. The number of rotatable bonds is 6. The van der Waals surface area contributed by atoms with Crippen molar-refractivity contribution in [1.29, 1.82) is 0 Å². The zero-order valence-electron chi connectivity index (χ0n) is 16.4. The maximum absolute atomic E-state index is 12.2. The van der Waals surface area contributed by atoms with Gasteiger partial charge in [-0.25, -0.2) is 18.4 Å². The van der Waals surface area contributed by atoms with Crippen molar-refractivity contribution < 1.29 is 13.2 Å². The van der Waals surface area contributed by atoms with Crippen molar-refractivity contribution in [3.05, 3.63) is 48.5 Å². The molecule has 4 rings (SSSR count). The lowest BCUT2D eigenvalue weighted by Gasteiger charge is -2.15. The number of anilines is 1. The van der Waals surface area contributed by atoms with Crippen LogP contribution in [0.2, 0.25) is 0 Å². The standard InChI is InChI=1S/C20H20N6O3S/c1-3-14(17(21)27)22-20-23-15-10-6-4-8-12(15)19-24-18(25-26(19)20)13-9-5-7-11-16(13)30(2,28)29/h4-11,14H,3H2,1-2H3,(H2,21,27)(H,22,23)/t14-/m1/s1. The molecule has 0 saturated carbocycles. The summed E-state index contributed by atoms with van der Waals surface area (Å²) in [5.41, 5.74) is 7.01. The number of nitrogens with two attached hydrogens (primary N) is 1. The number of carbonyl (C=O) groups is 1. The van der Waals surface area contributed by atoms with E-state index >= 15 is 0 Å². The molecule has 30 heavy (non-hydrogen) atoms. The number of para-hydroxylation sites is 1. The number of fused-ring (bicyclic) bond motifs is 3. The monoisotopic (exact) mass is 424 g/mol. The van der Waals surface area contributed by atoms with E-state index in [9.17, 15) is 13.2 Å². The number of nitrogens with zero attached hydrogens (tertiary/aromatic N) is 4. The van der Waals surface area contributed by atoms with Crippen molar-refractivity contribution >= 4 is 38.2 Å². The molecule has 2 heterocycles. The molecule has 0 bridgehead atoms. The molecular weight excluding hydrogens is 404 g/mol. The molecule has 0 spiro atoms. The Morgan fingerprint density at radius 3 is 2.53 bits per heavy atom. The predicted octanol–water partition coefficient (Wildman–Crippen LogP) is 2.02. The number of primary amides is 1. The van der Waals surface area contributed by atoms with Gasteiger partial charge in [-0.3, -0.25) is 4.79 Å². The first-order valence-corrected chi connectivity index (χ1v) is 11.2. The van der Waals surface area contributed by atoms with Crippen molar-refractivity contribution in [2.24, 2.45) is 5.73 Å². The van der Waals surface area contributed by atoms with Crippen LogP contribution in [0.15, 0.2) is 53.4 Å². The highest BCUT2D eigenvalue weighted by atomic mass is 32.2. The molecule has 0 radical (unpaired) electrons. The normalized spacial score (nSPS) is 12.9. The molecule has 0 fully saturated rings. The van der Waals surface area contributed by atoms with Crippen LogP contribution in [0.1, 0.15) is 13.3 Å². The number of carbonyl (C=O) groups excluding carboxylic acids is 1. The van der Waals surface area contributed by atoms with E-state index in [0.717, 1.165) is 11.6 Å². The minimum Gasteiger partial charge on any atom is -0.368 e. The Hall–Kier alpha value is -3.53. The van der Waals surface area contributed by atoms with Crippen LogP contribution in [0.5, 0.6) is 0 Å². The first kappa shape index (κ1) is 19.8. The van der Waals surface area contributed by atoms with Crippen molar-refractivity contribution in [1.82, 2.24) is 19.6 Å². The highest BCUT2D eigenvalue weighted by Gasteiger charge is 2.21. The molecule has 2 aromatic heterocycles. The molecule has 0 saturated heterocycles. The molecule has 1 atom stereocenters. The third kappa shape index (κ3) is 3.45. The van der Waals surface area contributed by atoms with Crippen molar-refractivity contribution in [3.8, 4) is 11.4 Å². The summed E-state index contributed by atoms with van der Waals surface area (Å²) in [7, 11) is -3.49. The van der Waals surface area contributed by atoms with Crippen LogP contribution in [-0.2, 0) is 14.6 Å². The fourth-order valence-corrected chi connectivity index (χ4v) is 4.15. The third-order valence-corrected chi connectivity index (χ3v) is 5.92. The average molecular weight is 424 g/mol. The Labute approximate surface area is 172 Å². The molecule has 4 aromatic rings. The van der Waals surface area contributed by atoms with Crippen molar-refractivity contribution in [2.45, 2.75) is 24.3 Å². The maximum atomic E-state index is 12.2. The van der Waals surface area contributed by atoms with E-state index in [2.05, 4.69) is 20.4 Å². The summed E-state index contributed by atoms with van der Waals surface area (Å²) in [6.45, 7) is 1.83. The van der Waals surface area contributed by atoms with Gasteiger partial charge in [0.2, 0.25) is 11.9 Å². The van der Waals surface area contributed by atoms with Gasteiger partial charge < -0.3 is 11.1 Å².